The molecule has 2 rings (SSSR count). The van der Waals surface area contributed by atoms with Crippen molar-refractivity contribution in [1.29, 1.82) is 0 Å². The van der Waals surface area contributed by atoms with Crippen molar-refractivity contribution < 1.29 is 13.9 Å². The predicted octanol–water partition coefficient (Wildman–Crippen LogP) is 4.00. The van der Waals surface area contributed by atoms with E-state index in [1.165, 1.54) is 18.2 Å². The highest BCUT2D eigenvalue weighted by Crippen LogP contribution is 2.24. The number of hydrogen-bond donors (Lipinski definition) is 1. The van der Waals surface area contributed by atoms with Gasteiger partial charge in [-0.1, -0.05) is 40.2 Å². The second kappa shape index (κ2) is 5.59. The maximum Gasteiger partial charge on any atom is 0.130 e. The summed E-state index contributed by atoms with van der Waals surface area (Å²) in [5, 5.41) is 9.95. The molecule has 0 fully saturated rings. The van der Waals surface area contributed by atoms with Crippen LogP contribution in [0.5, 0.6) is 0 Å². The molecule has 1 N–H and O–H groups in total. The molecular formula is C14H11BrF2O. The summed E-state index contributed by atoms with van der Waals surface area (Å²) in [6, 6.07) is 10.6. The molecule has 0 aliphatic carbocycles. The quantitative estimate of drug-likeness (QED) is 0.908. The Labute approximate surface area is 112 Å². The van der Waals surface area contributed by atoms with Crippen LogP contribution in [0.4, 0.5) is 8.78 Å². The van der Waals surface area contributed by atoms with Crippen LogP contribution in [0.1, 0.15) is 17.2 Å². The maximum atomic E-state index is 13.6. The average molecular weight is 313 g/mol. The van der Waals surface area contributed by atoms with Crippen molar-refractivity contribution >= 4 is 15.9 Å². The topological polar surface area (TPSA) is 20.2 Å². The number of aliphatic hydroxyl groups is 1. The lowest BCUT2D eigenvalue weighted by atomic mass is 10.0. The second-order valence-corrected chi connectivity index (χ2v) is 4.89. The monoisotopic (exact) mass is 312 g/mol. The van der Waals surface area contributed by atoms with Crippen LogP contribution in [0.15, 0.2) is 46.9 Å². The lowest BCUT2D eigenvalue weighted by Gasteiger charge is -2.12. The molecule has 0 spiro atoms. The summed E-state index contributed by atoms with van der Waals surface area (Å²) in [7, 11) is 0. The summed E-state index contributed by atoms with van der Waals surface area (Å²) in [6.45, 7) is 0. The standard InChI is InChI=1S/C14H11BrF2O/c15-10-5-6-11(13(17)8-10)14(18)7-9-3-1-2-4-12(9)16/h1-6,8,14,18H,7H2. The molecule has 0 aliphatic rings. The van der Waals surface area contributed by atoms with Gasteiger partial charge in [0, 0.05) is 16.5 Å². The third-order valence-electron chi connectivity index (χ3n) is 2.69. The van der Waals surface area contributed by atoms with Crippen molar-refractivity contribution in [3.05, 3.63) is 69.7 Å². The first kappa shape index (κ1) is 13.2. The molecule has 94 valence electrons. The van der Waals surface area contributed by atoms with Gasteiger partial charge in [0.15, 0.2) is 0 Å². The Balaban J connectivity index is 2.22. The smallest absolute Gasteiger partial charge is 0.130 e. The van der Waals surface area contributed by atoms with Crippen LogP contribution in [0, 0.1) is 11.6 Å². The third kappa shape index (κ3) is 2.94. The van der Waals surface area contributed by atoms with Gasteiger partial charge in [0.25, 0.3) is 0 Å². The molecule has 2 aromatic rings. The second-order valence-electron chi connectivity index (χ2n) is 3.98. The van der Waals surface area contributed by atoms with Gasteiger partial charge in [-0.05, 0) is 23.8 Å². The van der Waals surface area contributed by atoms with E-state index in [0.717, 1.165) is 0 Å². The van der Waals surface area contributed by atoms with Crippen LogP contribution >= 0.6 is 15.9 Å². The highest BCUT2D eigenvalue weighted by Gasteiger charge is 2.15. The van der Waals surface area contributed by atoms with Gasteiger partial charge in [0.2, 0.25) is 0 Å². The van der Waals surface area contributed by atoms with Crippen molar-refractivity contribution in [2.45, 2.75) is 12.5 Å². The normalized spacial score (nSPS) is 12.4. The van der Waals surface area contributed by atoms with E-state index in [1.807, 2.05) is 0 Å². The summed E-state index contributed by atoms with van der Waals surface area (Å²) in [5.41, 5.74) is 0.536. The van der Waals surface area contributed by atoms with Gasteiger partial charge in [-0.15, -0.1) is 0 Å². The molecule has 0 aromatic heterocycles. The van der Waals surface area contributed by atoms with Crippen LogP contribution in [-0.4, -0.2) is 5.11 Å². The van der Waals surface area contributed by atoms with Gasteiger partial charge in [-0.3, -0.25) is 0 Å². The van der Waals surface area contributed by atoms with E-state index in [2.05, 4.69) is 15.9 Å². The molecule has 0 amide bonds. The molecule has 0 aliphatic heterocycles. The zero-order valence-corrected chi connectivity index (χ0v) is 11.0. The van der Waals surface area contributed by atoms with Crippen molar-refractivity contribution in [2.75, 3.05) is 0 Å². The highest BCUT2D eigenvalue weighted by atomic mass is 79.9. The Kier molecular flexibility index (Phi) is 4.09. The van der Waals surface area contributed by atoms with Crippen LogP contribution in [0.25, 0.3) is 0 Å². The van der Waals surface area contributed by atoms with Crippen molar-refractivity contribution in [2.24, 2.45) is 0 Å². The lowest BCUT2D eigenvalue weighted by molar-refractivity contribution is 0.172. The van der Waals surface area contributed by atoms with Crippen LogP contribution in [0.2, 0.25) is 0 Å². The number of hydrogen-bond acceptors (Lipinski definition) is 1. The summed E-state index contributed by atoms with van der Waals surface area (Å²) in [5.74, 6) is -0.901. The first-order valence-electron chi connectivity index (χ1n) is 5.44. The third-order valence-corrected chi connectivity index (χ3v) is 3.19. The SMILES string of the molecule is OC(Cc1ccccc1F)c1ccc(Br)cc1F. The molecule has 4 heteroatoms. The Morgan fingerprint density at radius 1 is 1.06 bits per heavy atom. The molecule has 2 aromatic carbocycles. The molecule has 1 atom stereocenters. The molecular weight excluding hydrogens is 302 g/mol. The van der Waals surface area contributed by atoms with Crippen molar-refractivity contribution in [1.82, 2.24) is 0 Å². The molecule has 0 heterocycles. The van der Waals surface area contributed by atoms with Gasteiger partial charge >= 0.3 is 0 Å². The summed E-state index contributed by atoms with van der Waals surface area (Å²) < 4.78 is 27.6. The van der Waals surface area contributed by atoms with E-state index in [0.29, 0.717) is 10.0 Å². The molecule has 0 radical (unpaired) electrons. The van der Waals surface area contributed by atoms with Crippen molar-refractivity contribution in [3.8, 4) is 0 Å². The van der Waals surface area contributed by atoms with Crippen LogP contribution < -0.4 is 0 Å². The summed E-state index contributed by atoms with van der Waals surface area (Å²) in [6.07, 6.45) is -1.01. The van der Waals surface area contributed by atoms with E-state index in [4.69, 9.17) is 0 Å². The highest BCUT2D eigenvalue weighted by molar-refractivity contribution is 9.10. The van der Waals surface area contributed by atoms with E-state index in [9.17, 15) is 13.9 Å². The predicted molar refractivity (Wildman–Crippen MR) is 69.2 cm³/mol. The van der Waals surface area contributed by atoms with Gasteiger partial charge in [0.1, 0.15) is 11.6 Å². The van der Waals surface area contributed by atoms with Gasteiger partial charge in [0.05, 0.1) is 6.10 Å². The fraction of sp³-hybridized carbons (Fsp3) is 0.143. The maximum absolute atomic E-state index is 13.6. The van der Waals surface area contributed by atoms with Crippen LogP contribution in [-0.2, 0) is 6.42 Å². The van der Waals surface area contributed by atoms with E-state index in [1.54, 1.807) is 24.3 Å². The fourth-order valence-corrected chi connectivity index (χ4v) is 2.09. The molecule has 0 bridgehead atoms. The molecule has 1 nitrogen and oxygen atoms in total. The first-order valence-corrected chi connectivity index (χ1v) is 6.23. The number of aliphatic hydroxyl groups excluding tert-OH is 1. The van der Waals surface area contributed by atoms with E-state index >= 15 is 0 Å². The number of halogens is 3. The van der Waals surface area contributed by atoms with Crippen LogP contribution in [0.3, 0.4) is 0 Å². The molecule has 0 saturated carbocycles. The van der Waals surface area contributed by atoms with Gasteiger partial charge in [-0.25, -0.2) is 8.78 Å². The molecule has 1 unspecified atom stereocenters. The minimum absolute atomic E-state index is 0.0469. The van der Waals surface area contributed by atoms with Crippen molar-refractivity contribution in [3.63, 3.8) is 0 Å². The molecule has 0 saturated heterocycles. The number of benzene rings is 2. The van der Waals surface area contributed by atoms with E-state index < -0.39 is 17.7 Å². The fourth-order valence-electron chi connectivity index (χ4n) is 1.75. The first-order chi connectivity index (χ1) is 8.58. The largest absolute Gasteiger partial charge is 0.388 e. The zero-order chi connectivity index (χ0) is 13.1. The minimum Gasteiger partial charge on any atom is -0.388 e. The Morgan fingerprint density at radius 2 is 1.78 bits per heavy atom. The lowest BCUT2D eigenvalue weighted by Crippen LogP contribution is -2.05. The van der Waals surface area contributed by atoms with E-state index in [-0.39, 0.29) is 12.0 Å². The zero-order valence-electron chi connectivity index (χ0n) is 9.41. The Morgan fingerprint density at radius 3 is 2.44 bits per heavy atom. The summed E-state index contributed by atoms with van der Waals surface area (Å²) >= 11 is 3.14. The Bertz CT molecular complexity index is 557. The minimum atomic E-state index is -1.06. The number of rotatable bonds is 3. The summed E-state index contributed by atoms with van der Waals surface area (Å²) in [4.78, 5) is 0. The Hall–Kier alpha value is -1.26. The van der Waals surface area contributed by atoms with Gasteiger partial charge in [-0.2, -0.15) is 0 Å². The molecule has 18 heavy (non-hydrogen) atoms. The average Bonchev–Trinajstić information content (AvgIpc) is 2.32. The van der Waals surface area contributed by atoms with Gasteiger partial charge < -0.3 is 5.11 Å².